The van der Waals surface area contributed by atoms with Gasteiger partial charge in [0.25, 0.3) is 0 Å². The Labute approximate surface area is 251 Å². The van der Waals surface area contributed by atoms with Crippen LogP contribution in [0.1, 0.15) is 0 Å². The van der Waals surface area contributed by atoms with Crippen LogP contribution in [0.3, 0.4) is 0 Å². The predicted molar refractivity (Wildman–Crippen MR) is 180 cm³/mol. The van der Waals surface area contributed by atoms with E-state index < -0.39 is 0 Å². The second-order valence-electron chi connectivity index (χ2n) is 10.9. The molecule has 0 saturated carbocycles. The molecule has 0 aliphatic carbocycles. The molecule has 0 aliphatic heterocycles. The Morgan fingerprint density at radius 2 is 0.814 bits per heavy atom. The largest absolute Gasteiger partial charge is 0.309 e. The Kier molecular flexibility index (Phi) is 6.16. The van der Waals surface area contributed by atoms with Gasteiger partial charge in [0.15, 0.2) is 0 Å². The van der Waals surface area contributed by atoms with Crippen molar-refractivity contribution in [3.8, 4) is 50.5 Å². The summed E-state index contributed by atoms with van der Waals surface area (Å²) >= 11 is 0. The molecule has 8 rings (SSSR count). The molecule has 2 nitrogen and oxygen atoms in total. The quantitative estimate of drug-likeness (QED) is 0.209. The van der Waals surface area contributed by atoms with Gasteiger partial charge in [0, 0.05) is 27.6 Å². The lowest BCUT2D eigenvalue weighted by atomic mass is 9.98. The van der Waals surface area contributed by atoms with E-state index in [0.29, 0.717) is 0 Å². The van der Waals surface area contributed by atoms with Gasteiger partial charge in [-0.2, -0.15) is 0 Å². The Morgan fingerprint density at radius 3 is 1.47 bits per heavy atom. The van der Waals surface area contributed by atoms with Crippen molar-refractivity contribution in [3.05, 3.63) is 170 Å². The zero-order valence-corrected chi connectivity index (χ0v) is 23.6. The van der Waals surface area contributed by atoms with Crippen LogP contribution in [0.2, 0.25) is 0 Å². The summed E-state index contributed by atoms with van der Waals surface area (Å²) in [6.07, 6.45) is 0. The first kappa shape index (κ1) is 25.0. The molecule has 0 saturated heterocycles. The zero-order valence-electron chi connectivity index (χ0n) is 23.6. The predicted octanol–water partition coefficient (Wildman–Crippen LogP) is 10.8. The summed E-state index contributed by atoms with van der Waals surface area (Å²) in [7, 11) is 0. The highest BCUT2D eigenvalue weighted by Gasteiger charge is 2.13. The molecule has 2 heteroatoms. The molecule has 0 atom stereocenters. The van der Waals surface area contributed by atoms with Gasteiger partial charge in [0.1, 0.15) is 0 Å². The average Bonchev–Trinajstić information content (AvgIpc) is 3.43. The smallest absolute Gasteiger partial charge is 0.0715 e. The molecule has 0 unspecified atom stereocenters. The highest BCUT2D eigenvalue weighted by atomic mass is 15.0. The van der Waals surface area contributed by atoms with Crippen LogP contribution in [-0.4, -0.2) is 9.55 Å². The van der Waals surface area contributed by atoms with E-state index in [-0.39, 0.29) is 0 Å². The summed E-state index contributed by atoms with van der Waals surface area (Å²) in [6, 6.07) is 60.2. The summed E-state index contributed by atoms with van der Waals surface area (Å²) in [5, 5.41) is 2.55. The van der Waals surface area contributed by atoms with Crippen LogP contribution in [-0.2, 0) is 0 Å². The lowest BCUT2D eigenvalue weighted by molar-refractivity contribution is 1.18. The van der Waals surface area contributed by atoms with Gasteiger partial charge in [-0.05, 0) is 64.7 Å². The Morgan fingerprint density at radius 1 is 0.326 bits per heavy atom. The first-order chi connectivity index (χ1) is 21.3. The molecule has 0 aliphatic rings. The minimum atomic E-state index is 0.962. The number of nitrogens with zero attached hydrogens (tertiary/aromatic N) is 2. The van der Waals surface area contributed by atoms with Crippen molar-refractivity contribution in [2.45, 2.75) is 0 Å². The number of rotatable bonds is 5. The highest BCUT2D eigenvalue weighted by Crippen LogP contribution is 2.34. The van der Waals surface area contributed by atoms with Gasteiger partial charge in [-0.1, -0.05) is 127 Å². The Balaban J connectivity index is 1.20. The van der Waals surface area contributed by atoms with Crippen LogP contribution >= 0.6 is 0 Å². The third-order valence-corrected chi connectivity index (χ3v) is 8.20. The maximum absolute atomic E-state index is 5.14. The van der Waals surface area contributed by atoms with Crippen LogP contribution in [0.4, 0.5) is 0 Å². The fourth-order valence-corrected chi connectivity index (χ4v) is 6.09. The topological polar surface area (TPSA) is 17.8 Å². The Bertz CT molecular complexity index is 2100. The van der Waals surface area contributed by atoms with E-state index >= 15 is 0 Å². The summed E-state index contributed by atoms with van der Waals surface area (Å²) < 4.78 is 2.36. The molecule has 6 aromatic carbocycles. The second kappa shape index (κ2) is 10.6. The van der Waals surface area contributed by atoms with E-state index in [1.165, 1.54) is 38.5 Å². The van der Waals surface area contributed by atoms with Crippen LogP contribution in [0, 0.1) is 0 Å². The van der Waals surface area contributed by atoms with E-state index in [4.69, 9.17) is 4.98 Å². The molecule has 8 aromatic rings. The summed E-state index contributed by atoms with van der Waals surface area (Å²) in [4.78, 5) is 5.14. The van der Waals surface area contributed by atoms with E-state index in [1.807, 2.05) is 6.07 Å². The monoisotopic (exact) mass is 548 g/mol. The van der Waals surface area contributed by atoms with Crippen molar-refractivity contribution in [2.24, 2.45) is 0 Å². The molecule has 0 radical (unpaired) electrons. The summed E-state index contributed by atoms with van der Waals surface area (Å²) in [5.41, 5.74) is 12.4. The molecule has 0 N–H and O–H groups in total. The SMILES string of the molecule is c1ccc(-c2cc(-c3ccccc3)nc(-c3cccc(-c4ccc(-n5c6ccccc6c6ccccc65)cc4)c3)c2)cc1. The number of hydrogen-bond acceptors (Lipinski definition) is 1. The maximum atomic E-state index is 5.14. The van der Waals surface area contributed by atoms with Crippen molar-refractivity contribution >= 4 is 21.8 Å². The third-order valence-electron chi connectivity index (χ3n) is 8.20. The normalized spacial score (nSPS) is 11.3. The van der Waals surface area contributed by atoms with E-state index in [1.54, 1.807) is 0 Å². The minimum absolute atomic E-state index is 0.962. The van der Waals surface area contributed by atoms with Gasteiger partial charge >= 0.3 is 0 Å². The molecule has 0 bridgehead atoms. The van der Waals surface area contributed by atoms with E-state index in [2.05, 4.69) is 168 Å². The fraction of sp³-hybridized carbons (Fsp3) is 0. The number of aromatic nitrogens is 2. The van der Waals surface area contributed by atoms with Crippen LogP contribution < -0.4 is 0 Å². The lowest BCUT2D eigenvalue weighted by Crippen LogP contribution is -1.94. The molecule has 0 fully saturated rings. The van der Waals surface area contributed by atoms with E-state index in [9.17, 15) is 0 Å². The van der Waals surface area contributed by atoms with Gasteiger partial charge < -0.3 is 4.57 Å². The van der Waals surface area contributed by atoms with Crippen LogP contribution in [0.5, 0.6) is 0 Å². The molecule has 2 aromatic heterocycles. The van der Waals surface area contributed by atoms with E-state index in [0.717, 1.165) is 33.8 Å². The standard InChI is InChI=1S/C41H28N2/c1-3-12-29(13-4-1)34-27-38(31-14-5-2-6-15-31)42-39(28-34)33-17-11-16-32(26-33)30-22-24-35(25-23-30)43-40-20-9-7-18-36(40)37-19-8-10-21-41(37)43/h1-28H. The van der Waals surface area contributed by atoms with Crippen molar-refractivity contribution in [1.82, 2.24) is 9.55 Å². The van der Waals surface area contributed by atoms with Crippen molar-refractivity contribution in [3.63, 3.8) is 0 Å². The van der Waals surface area contributed by atoms with Crippen LogP contribution in [0.15, 0.2) is 170 Å². The number of fused-ring (bicyclic) bond motifs is 3. The molecule has 0 amide bonds. The third kappa shape index (κ3) is 4.60. The van der Waals surface area contributed by atoms with Gasteiger partial charge in [0.05, 0.1) is 22.4 Å². The molecule has 0 spiro atoms. The fourth-order valence-electron chi connectivity index (χ4n) is 6.09. The number of benzene rings is 6. The first-order valence-electron chi connectivity index (χ1n) is 14.6. The van der Waals surface area contributed by atoms with Crippen LogP contribution in [0.25, 0.3) is 72.3 Å². The lowest BCUT2D eigenvalue weighted by Gasteiger charge is -2.12. The minimum Gasteiger partial charge on any atom is -0.309 e. The maximum Gasteiger partial charge on any atom is 0.0715 e. The zero-order chi connectivity index (χ0) is 28.6. The highest BCUT2D eigenvalue weighted by molar-refractivity contribution is 6.09. The molecule has 2 heterocycles. The number of para-hydroxylation sites is 2. The molecular weight excluding hydrogens is 520 g/mol. The van der Waals surface area contributed by atoms with Gasteiger partial charge in [-0.3, -0.25) is 0 Å². The molecule has 202 valence electrons. The average molecular weight is 549 g/mol. The summed E-state index contributed by atoms with van der Waals surface area (Å²) in [5.74, 6) is 0. The van der Waals surface area contributed by atoms with Gasteiger partial charge in [-0.25, -0.2) is 4.98 Å². The van der Waals surface area contributed by atoms with Gasteiger partial charge in [-0.15, -0.1) is 0 Å². The van der Waals surface area contributed by atoms with Gasteiger partial charge in [0.2, 0.25) is 0 Å². The number of hydrogen-bond donors (Lipinski definition) is 0. The number of pyridine rings is 1. The first-order valence-corrected chi connectivity index (χ1v) is 14.6. The Hall–Kier alpha value is -5.73. The molecular formula is C41H28N2. The summed E-state index contributed by atoms with van der Waals surface area (Å²) in [6.45, 7) is 0. The van der Waals surface area contributed by atoms with Crippen molar-refractivity contribution in [2.75, 3.05) is 0 Å². The van der Waals surface area contributed by atoms with Crippen molar-refractivity contribution in [1.29, 1.82) is 0 Å². The second-order valence-corrected chi connectivity index (χ2v) is 10.9. The molecule has 43 heavy (non-hydrogen) atoms. The van der Waals surface area contributed by atoms with Crippen molar-refractivity contribution < 1.29 is 0 Å².